The van der Waals surface area contributed by atoms with Crippen molar-refractivity contribution in [2.75, 3.05) is 11.9 Å². The van der Waals surface area contributed by atoms with E-state index in [9.17, 15) is 0 Å². The third-order valence-electron chi connectivity index (χ3n) is 3.34. The fourth-order valence-corrected chi connectivity index (χ4v) is 2.01. The molecule has 0 fully saturated rings. The summed E-state index contributed by atoms with van der Waals surface area (Å²) in [4.78, 5) is 0. The van der Waals surface area contributed by atoms with Gasteiger partial charge in [-0.3, -0.25) is 0 Å². The first-order valence-electron chi connectivity index (χ1n) is 6.59. The average molecular weight is 266 g/mol. The maximum absolute atomic E-state index is 8.51. The quantitative estimate of drug-likeness (QED) is 0.894. The maximum Gasteiger partial charge on any atom is 0.174 e. The van der Waals surface area contributed by atoms with Crippen molar-refractivity contribution in [2.45, 2.75) is 20.4 Å². The highest BCUT2D eigenvalue weighted by atomic mass is 16.5. The number of nitriles is 1. The number of hydrogen-bond donors (Lipinski definition) is 1. The lowest BCUT2D eigenvalue weighted by Crippen LogP contribution is -2.02. The molecule has 0 aliphatic heterocycles. The number of anilines is 1. The van der Waals surface area contributed by atoms with Gasteiger partial charge in [0.2, 0.25) is 0 Å². The molecule has 0 aliphatic rings. The van der Waals surface area contributed by atoms with Gasteiger partial charge in [-0.2, -0.15) is 5.26 Å². The van der Waals surface area contributed by atoms with E-state index < -0.39 is 0 Å². The van der Waals surface area contributed by atoms with Gasteiger partial charge in [-0.05, 0) is 42.7 Å². The second-order valence-corrected chi connectivity index (χ2v) is 4.69. The molecule has 0 unspecified atom stereocenters. The fraction of sp³-hybridized carbons (Fsp3) is 0.235. The molecule has 1 N–H and O–H groups in total. The van der Waals surface area contributed by atoms with E-state index in [-0.39, 0.29) is 6.61 Å². The lowest BCUT2D eigenvalue weighted by atomic mass is 10.0. The largest absolute Gasteiger partial charge is 0.479 e. The topological polar surface area (TPSA) is 45.0 Å². The Morgan fingerprint density at radius 1 is 1.15 bits per heavy atom. The van der Waals surface area contributed by atoms with Crippen molar-refractivity contribution in [3.8, 4) is 11.8 Å². The summed E-state index contributed by atoms with van der Waals surface area (Å²) in [6.45, 7) is 5.10. The molecule has 0 spiro atoms. The van der Waals surface area contributed by atoms with Gasteiger partial charge in [0, 0.05) is 18.3 Å². The van der Waals surface area contributed by atoms with Gasteiger partial charge >= 0.3 is 0 Å². The SMILES string of the molecule is Cc1cccc(CNc2cccc(OCC#N)c2)c1C. The predicted octanol–water partition coefficient (Wildman–Crippen LogP) is 3.82. The number of hydrogen-bond acceptors (Lipinski definition) is 3. The normalized spacial score (nSPS) is 9.85. The molecular weight excluding hydrogens is 248 g/mol. The number of rotatable bonds is 5. The van der Waals surface area contributed by atoms with Crippen LogP contribution in [-0.2, 0) is 6.54 Å². The van der Waals surface area contributed by atoms with Crippen LogP contribution in [0.1, 0.15) is 16.7 Å². The predicted molar refractivity (Wildman–Crippen MR) is 80.8 cm³/mol. The zero-order valence-corrected chi connectivity index (χ0v) is 11.8. The summed E-state index contributed by atoms with van der Waals surface area (Å²) in [6, 6.07) is 15.9. The van der Waals surface area contributed by atoms with E-state index in [1.54, 1.807) is 0 Å². The first-order valence-corrected chi connectivity index (χ1v) is 6.59. The third-order valence-corrected chi connectivity index (χ3v) is 3.34. The Hall–Kier alpha value is -2.47. The van der Waals surface area contributed by atoms with Crippen LogP contribution in [0, 0.1) is 25.2 Å². The van der Waals surface area contributed by atoms with Gasteiger partial charge < -0.3 is 10.1 Å². The van der Waals surface area contributed by atoms with Gasteiger partial charge in [0.1, 0.15) is 11.8 Å². The Labute approximate surface area is 119 Å². The van der Waals surface area contributed by atoms with E-state index in [0.717, 1.165) is 12.2 Å². The molecule has 20 heavy (non-hydrogen) atoms. The maximum atomic E-state index is 8.51. The number of ether oxygens (including phenoxy) is 1. The van der Waals surface area contributed by atoms with Gasteiger partial charge in [0.25, 0.3) is 0 Å². The zero-order chi connectivity index (χ0) is 14.4. The highest BCUT2D eigenvalue weighted by molar-refractivity contribution is 5.49. The van der Waals surface area contributed by atoms with E-state index in [2.05, 4.69) is 37.4 Å². The highest BCUT2D eigenvalue weighted by Crippen LogP contribution is 2.19. The molecule has 2 aromatic carbocycles. The van der Waals surface area contributed by atoms with Crippen LogP contribution in [0.3, 0.4) is 0 Å². The van der Waals surface area contributed by atoms with Gasteiger partial charge in [-0.1, -0.05) is 24.3 Å². The minimum absolute atomic E-state index is 0.0699. The van der Waals surface area contributed by atoms with Crippen LogP contribution >= 0.6 is 0 Å². The van der Waals surface area contributed by atoms with Crippen LogP contribution in [-0.4, -0.2) is 6.61 Å². The summed E-state index contributed by atoms with van der Waals surface area (Å²) >= 11 is 0. The molecule has 0 saturated heterocycles. The Bertz CT molecular complexity index is 629. The van der Waals surface area contributed by atoms with E-state index in [4.69, 9.17) is 10.00 Å². The Balaban J connectivity index is 2.04. The molecule has 2 rings (SSSR count). The molecule has 2 aromatic rings. The van der Waals surface area contributed by atoms with E-state index in [1.807, 2.05) is 30.3 Å². The molecule has 0 radical (unpaired) electrons. The average Bonchev–Trinajstić information content (AvgIpc) is 2.47. The zero-order valence-electron chi connectivity index (χ0n) is 11.8. The van der Waals surface area contributed by atoms with Crippen LogP contribution in [0.15, 0.2) is 42.5 Å². The van der Waals surface area contributed by atoms with Crippen molar-refractivity contribution in [1.82, 2.24) is 0 Å². The van der Waals surface area contributed by atoms with Gasteiger partial charge in [0.15, 0.2) is 6.61 Å². The lowest BCUT2D eigenvalue weighted by Gasteiger charge is -2.11. The molecule has 3 nitrogen and oxygen atoms in total. The van der Waals surface area contributed by atoms with Crippen LogP contribution < -0.4 is 10.1 Å². The Morgan fingerprint density at radius 3 is 2.75 bits per heavy atom. The molecular formula is C17H18N2O. The molecule has 3 heteroatoms. The highest BCUT2D eigenvalue weighted by Gasteiger charge is 2.01. The molecule has 0 heterocycles. The van der Waals surface area contributed by atoms with Gasteiger partial charge in [0.05, 0.1) is 0 Å². The van der Waals surface area contributed by atoms with Crippen molar-refractivity contribution in [3.05, 3.63) is 59.2 Å². The molecule has 0 atom stereocenters. The number of nitrogens with zero attached hydrogens (tertiary/aromatic N) is 1. The van der Waals surface area contributed by atoms with Crippen molar-refractivity contribution in [2.24, 2.45) is 0 Å². The molecule has 102 valence electrons. The number of benzene rings is 2. The Morgan fingerprint density at radius 2 is 1.95 bits per heavy atom. The van der Waals surface area contributed by atoms with Crippen molar-refractivity contribution >= 4 is 5.69 Å². The van der Waals surface area contributed by atoms with E-state index >= 15 is 0 Å². The Kier molecular flexibility index (Phi) is 4.62. The van der Waals surface area contributed by atoms with Crippen LogP contribution in [0.4, 0.5) is 5.69 Å². The van der Waals surface area contributed by atoms with Crippen molar-refractivity contribution in [1.29, 1.82) is 5.26 Å². The minimum Gasteiger partial charge on any atom is -0.479 e. The van der Waals surface area contributed by atoms with Crippen LogP contribution in [0.5, 0.6) is 5.75 Å². The number of aryl methyl sites for hydroxylation is 1. The molecule has 0 amide bonds. The smallest absolute Gasteiger partial charge is 0.174 e. The first kappa shape index (κ1) is 14.0. The van der Waals surface area contributed by atoms with Crippen molar-refractivity contribution < 1.29 is 4.74 Å². The summed E-state index contributed by atoms with van der Waals surface area (Å²) in [5, 5.41) is 11.9. The summed E-state index contributed by atoms with van der Waals surface area (Å²) < 4.78 is 5.29. The second kappa shape index (κ2) is 6.63. The van der Waals surface area contributed by atoms with E-state index in [1.165, 1.54) is 16.7 Å². The molecule has 0 bridgehead atoms. The van der Waals surface area contributed by atoms with Crippen LogP contribution in [0.2, 0.25) is 0 Å². The molecule has 0 aliphatic carbocycles. The standard InChI is InChI=1S/C17H18N2O/c1-13-5-3-6-15(14(13)2)12-19-16-7-4-8-17(11-16)20-10-9-18/h3-8,11,19H,10,12H2,1-2H3. The summed E-state index contributed by atoms with van der Waals surface area (Å²) in [6.07, 6.45) is 0. The van der Waals surface area contributed by atoms with Gasteiger partial charge in [-0.15, -0.1) is 0 Å². The third kappa shape index (κ3) is 3.52. The van der Waals surface area contributed by atoms with E-state index in [0.29, 0.717) is 5.75 Å². The minimum atomic E-state index is 0.0699. The van der Waals surface area contributed by atoms with Gasteiger partial charge in [-0.25, -0.2) is 0 Å². The summed E-state index contributed by atoms with van der Waals surface area (Å²) in [5.41, 5.74) is 4.89. The van der Waals surface area contributed by atoms with Crippen LogP contribution in [0.25, 0.3) is 0 Å². The fourth-order valence-electron chi connectivity index (χ4n) is 2.01. The molecule has 0 aromatic heterocycles. The second-order valence-electron chi connectivity index (χ2n) is 4.69. The van der Waals surface area contributed by atoms with Crippen molar-refractivity contribution in [3.63, 3.8) is 0 Å². The summed E-state index contributed by atoms with van der Waals surface area (Å²) in [5.74, 6) is 0.706. The first-order chi connectivity index (χ1) is 9.70. The monoisotopic (exact) mass is 266 g/mol. The summed E-state index contributed by atoms with van der Waals surface area (Å²) in [7, 11) is 0. The lowest BCUT2D eigenvalue weighted by molar-refractivity contribution is 0.368. The number of nitrogens with one attached hydrogen (secondary N) is 1. The molecule has 0 saturated carbocycles.